The van der Waals surface area contributed by atoms with Gasteiger partial charge in [-0.2, -0.15) is 18.2 Å². The van der Waals surface area contributed by atoms with E-state index < -0.39 is 5.54 Å². The number of Topliss-reactive ketones (excluding diaryl/α,β-unsaturated/α-hetero) is 1. The number of hydrogen-bond donors (Lipinski definition) is 0. The Morgan fingerprint density at radius 3 is 2.69 bits per heavy atom. The molecule has 0 saturated carbocycles. The van der Waals surface area contributed by atoms with E-state index in [2.05, 4.69) is 11.0 Å². The van der Waals surface area contributed by atoms with E-state index in [0.29, 0.717) is 0 Å². The van der Waals surface area contributed by atoms with Crippen molar-refractivity contribution in [3.63, 3.8) is 0 Å². The van der Waals surface area contributed by atoms with Crippen LogP contribution in [0.3, 0.4) is 0 Å². The third kappa shape index (κ3) is 1.87. The maximum absolute atomic E-state index is 12.2. The van der Waals surface area contributed by atoms with Gasteiger partial charge in [0.2, 0.25) is 0 Å². The summed E-state index contributed by atoms with van der Waals surface area (Å²) >= 11 is 0. The van der Waals surface area contributed by atoms with E-state index in [1.807, 2.05) is 46.0 Å². The molecule has 1 aliphatic heterocycles. The molecule has 1 atom stereocenters. The van der Waals surface area contributed by atoms with Crippen LogP contribution in [-0.4, -0.2) is 18.4 Å². The Morgan fingerprint density at radius 1 is 1.44 bits per heavy atom. The van der Waals surface area contributed by atoms with E-state index in [-0.39, 0.29) is 44.4 Å². The number of fused-ring (bicyclic) bond motifs is 1. The monoisotopic (exact) mass is 291 g/mol. The molecule has 1 aromatic carbocycles. The summed E-state index contributed by atoms with van der Waals surface area (Å²) in [5.41, 5.74) is 1.82. The summed E-state index contributed by atoms with van der Waals surface area (Å²) < 4.78 is 0. The Morgan fingerprint density at radius 2 is 2.06 bits per heavy atom. The summed E-state index contributed by atoms with van der Waals surface area (Å²) in [6.07, 6.45) is 0. The molecule has 16 heavy (non-hydrogen) atoms. The fourth-order valence-electron chi connectivity index (χ4n) is 2.22. The van der Waals surface area contributed by atoms with E-state index in [0.717, 1.165) is 11.3 Å². The van der Waals surface area contributed by atoms with Crippen LogP contribution in [0.15, 0.2) is 18.2 Å². The maximum Gasteiger partial charge on any atom is 0.153 e. The summed E-state index contributed by atoms with van der Waals surface area (Å²) in [5, 5.41) is 0. The van der Waals surface area contributed by atoms with Crippen molar-refractivity contribution in [3.05, 3.63) is 29.8 Å². The van der Waals surface area contributed by atoms with E-state index in [1.54, 1.807) is 0 Å². The van der Waals surface area contributed by atoms with Crippen molar-refractivity contribution in [2.75, 3.05) is 11.9 Å². The van der Waals surface area contributed by atoms with Crippen molar-refractivity contribution in [1.29, 1.82) is 0 Å². The number of carbonyl (C=O) groups is 1. The van der Waals surface area contributed by atoms with Crippen molar-refractivity contribution in [2.24, 2.45) is 0 Å². The second-order valence-corrected chi connectivity index (χ2v) is 4.69. The number of anilines is 1. The average Bonchev–Trinajstić information content (AvgIpc) is 2.24. The second kappa shape index (κ2) is 4.58. The van der Waals surface area contributed by atoms with Gasteiger partial charge in [-0.25, -0.2) is 0 Å². The molecule has 0 aromatic heterocycles. The second-order valence-electron chi connectivity index (χ2n) is 4.69. The molecule has 0 saturated heterocycles. The van der Waals surface area contributed by atoms with E-state index in [9.17, 15) is 4.79 Å². The molecule has 2 rings (SSSR count). The number of likely N-dealkylation sites (N-methyl/N-ethyl adjacent to an activating group) is 1. The first-order valence-corrected chi connectivity index (χ1v) is 5.24. The topological polar surface area (TPSA) is 20.3 Å². The molecular weight excluding hydrogens is 275 g/mol. The molecule has 1 aromatic rings. The molecule has 0 bridgehead atoms. The Labute approximate surface area is 122 Å². The summed E-state index contributed by atoms with van der Waals surface area (Å²) in [5.74, 6) is 0.251. The average molecular weight is 291 g/mol. The number of benzene rings is 1. The molecule has 83 valence electrons. The minimum absolute atomic E-state index is 0. The third-order valence-electron chi connectivity index (χ3n) is 3.53. The van der Waals surface area contributed by atoms with Gasteiger partial charge in [0.25, 0.3) is 0 Å². The van der Waals surface area contributed by atoms with Crippen LogP contribution in [0.2, 0.25) is 0 Å². The maximum atomic E-state index is 12.2. The van der Waals surface area contributed by atoms with Gasteiger partial charge in [-0.3, -0.25) is 4.79 Å². The number of rotatable bonds is 0. The van der Waals surface area contributed by atoms with Crippen LogP contribution >= 0.6 is 0 Å². The first-order chi connectivity index (χ1) is 6.96. The van der Waals surface area contributed by atoms with Gasteiger partial charge in [-0.15, -0.1) is 11.6 Å². The Balaban J connectivity index is 0.00000128. The van der Waals surface area contributed by atoms with Gasteiger partial charge < -0.3 is 4.90 Å². The van der Waals surface area contributed by atoms with Crippen LogP contribution in [-0.2, 0) is 37.5 Å². The van der Waals surface area contributed by atoms with Gasteiger partial charge in [0.05, 0.1) is 5.54 Å². The predicted molar refractivity (Wildman–Crippen MR) is 61.2 cm³/mol. The fraction of sp³-hybridized carbons (Fsp3) is 0.462. The zero-order valence-electron chi connectivity index (χ0n) is 10.2. The van der Waals surface area contributed by atoms with Crippen molar-refractivity contribution < 1.29 is 37.5 Å². The van der Waals surface area contributed by atoms with E-state index >= 15 is 0 Å². The van der Waals surface area contributed by atoms with Crippen molar-refractivity contribution in [3.8, 4) is 0 Å². The van der Waals surface area contributed by atoms with Crippen LogP contribution in [0, 0.1) is 6.07 Å². The predicted octanol–water partition coefficient (Wildman–Crippen LogP) is 2.39. The van der Waals surface area contributed by atoms with Crippen LogP contribution in [0.1, 0.15) is 32.3 Å². The molecule has 3 heteroatoms. The van der Waals surface area contributed by atoms with E-state index in [4.69, 9.17) is 0 Å². The van der Waals surface area contributed by atoms with E-state index in [1.165, 1.54) is 0 Å². The fourth-order valence-corrected chi connectivity index (χ4v) is 2.22. The first kappa shape index (κ1) is 13.9. The zero-order valence-corrected chi connectivity index (χ0v) is 13.1. The molecule has 2 nitrogen and oxygen atoms in total. The molecule has 1 radical (unpaired) electrons. The Kier molecular flexibility index (Phi) is 3.97. The summed E-state index contributed by atoms with van der Waals surface area (Å²) in [6, 6.07) is 8.89. The molecule has 0 spiro atoms. The standard InChI is InChI=1S/C13H16NO.Y/c1-9-10-7-5-6-8-11(10)14(4)13(2,3)12(9)15;/h6-9H,1-4H3;/q-1;. The quantitative estimate of drug-likeness (QED) is 0.684. The molecule has 1 heterocycles. The summed E-state index contributed by atoms with van der Waals surface area (Å²) in [6.45, 7) is 5.93. The smallest absolute Gasteiger partial charge is 0.153 e. The molecule has 0 aliphatic carbocycles. The number of hydrogen-bond acceptors (Lipinski definition) is 2. The molecular formula is C13H16NOY-. The molecule has 1 aliphatic rings. The van der Waals surface area contributed by atoms with Gasteiger partial charge in [0.1, 0.15) is 0 Å². The van der Waals surface area contributed by atoms with Gasteiger partial charge >= 0.3 is 0 Å². The van der Waals surface area contributed by atoms with Crippen molar-refractivity contribution >= 4 is 11.5 Å². The van der Waals surface area contributed by atoms with Crippen molar-refractivity contribution in [2.45, 2.75) is 32.2 Å². The number of nitrogens with zero attached hydrogens (tertiary/aromatic N) is 1. The number of carbonyl (C=O) groups excluding carboxylic acids is 1. The molecule has 0 amide bonds. The van der Waals surface area contributed by atoms with Crippen LogP contribution in [0.5, 0.6) is 0 Å². The molecule has 0 N–H and O–H groups in total. The minimum atomic E-state index is -0.409. The normalized spacial score (nSPS) is 22.4. The molecule has 0 fully saturated rings. The third-order valence-corrected chi connectivity index (χ3v) is 3.53. The summed E-state index contributed by atoms with van der Waals surface area (Å²) in [7, 11) is 1.97. The SMILES string of the molecule is CC1C(=O)C(C)(C)N(C)c2cc[c-]cc21.[Y]. The van der Waals surface area contributed by atoms with Crippen molar-refractivity contribution in [1.82, 2.24) is 0 Å². The minimum Gasteiger partial charge on any atom is -0.384 e. The van der Waals surface area contributed by atoms with Crippen LogP contribution < -0.4 is 4.90 Å². The Hall–Kier alpha value is -0.206. The van der Waals surface area contributed by atoms with Crippen LogP contribution in [0.25, 0.3) is 0 Å². The summed E-state index contributed by atoms with van der Waals surface area (Å²) in [4.78, 5) is 14.2. The zero-order chi connectivity index (χ0) is 11.2. The van der Waals surface area contributed by atoms with Gasteiger partial charge in [0, 0.05) is 39.8 Å². The van der Waals surface area contributed by atoms with Gasteiger partial charge in [-0.05, 0) is 19.8 Å². The number of ketones is 1. The van der Waals surface area contributed by atoms with Gasteiger partial charge in [0.15, 0.2) is 5.78 Å². The largest absolute Gasteiger partial charge is 0.384 e. The Bertz CT molecular complexity index is 414. The van der Waals surface area contributed by atoms with Crippen LogP contribution in [0.4, 0.5) is 5.69 Å². The van der Waals surface area contributed by atoms with Gasteiger partial charge in [-0.1, -0.05) is 12.6 Å². The molecule has 1 unspecified atom stereocenters. The first-order valence-electron chi connectivity index (χ1n) is 5.24.